The van der Waals surface area contributed by atoms with Gasteiger partial charge in [-0.2, -0.15) is 0 Å². The van der Waals surface area contributed by atoms with Crippen LogP contribution in [0.15, 0.2) is 48.5 Å². The molecule has 1 fully saturated rings. The average molecular weight is 311 g/mol. The van der Waals surface area contributed by atoms with Crippen molar-refractivity contribution in [2.45, 2.75) is 18.9 Å². The van der Waals surface area contributed by atoms with Crippen molar-refractivity contribution in [1.29, 1.82) is 0 Å². The molecule has 1 aliphatic heterocycles. The fourth-order valence-corrected chi connectivity index (χ4v) is 2.88. The highest BCUT2D eigenvalue weighted by molar-refractivity contribution is 5.92. The number of para-hydroxylation sites is 2. The maximum atomic E-state index is 11.1. The van der Waals surface area contributed by atoms with Gasteiger partial charge in [0.1, 0.15) is 11.9 Å². The lowest BCUT2D eigenvalue weighted by molar-refractivity contribution is 0.1000. The van der Waals surface area contributed by atoms with Crippen molar-refractivity contribution < 1.29 is 9.53 Å². The van der Waals surface area contributed by atoms with E-state index >= 15 is 0 Å². The van der Waals surface area contributed by atoms with Crippen LogP contribution in [0.4, 0.5) is 11.4 Å². The van der Waals surface area contributed by atoms with Crippen LogP contribution in [0.1, 0.15) is 23.2 Å². The summed E-state index contributed by atoms with van der Waals surface area (Å²) in [4.78, 5) is 13.4. The van der Waals surface area contributed by atoms with Crippen LogP contribution in [-0.4, -0.2) is 25.1 Å². The molecule has 1 heterocycles. The second kappa shape index (κ2) is 6.60. The summed E-state index contributed by atoms with van der Waals surface area (Å²) in [5, 5.41) is 0. The van der Waals surface area contributed by atoms with Crippen molar-refractivity contribution in [3.05, 3.63) is 54.1 Å². The van der Waals surface area contributed by atoms with E-state index in [-0.39, 0.29) is 6.10 Å². The summed E-state index contributed by atoms with van der Waals surface area (Å²) in [5.74, 6) is 0.345. The van der Waals surface area contributed by atoms with Crippen LogP contribution in [0.25, 0.3) is 0 Å². The Morgan fingerprint density at radius 2 is 1.70 bits per heavy atom. The highest BCUT2D eigenvalue weighted by Crippen LogP contribution is 2.27. The summed E-state index contributed by atoms with van der Waals surface area (Å²) < 4.78 is 5.99. The molecule has 5 heteroatoms. The largest absolute Gasteiger partial charge is 0.490 e. The number of anilines is 2. The monoisotopic (exact) mass is 311 g/mol. The van der Waals surface area contributed by atoms with Gasteiger partial charge in [-0.15, -0.1) is 0 Å². The minimum absolute atomic E-state index is 0.176. The first-order valence-electron chi connectivity index (χ1n) is 7.79. The van der Waals surface area contributed by atoms with Gasteiger partial charge in [-0.3, -0.25) is 4.79 Å². The summed E-state index contributed by atoms with van der Waals surface area (Å²) >= 11 is 0. The van der Waals surface area contributed by atoms with Crippen molar-refractivity contribution in [3.63, 3.8) is 0 Å². The molecule has 120 valence electrons. The third-order valence-electron chi connectivity index (χ3n) is 4.16. The Hall–Kier alpha value is -2.69. The second-order valence-electron chi connectivity index (χ2n) is 5.75. The van der Waals surface area contributed by atoms with E-state index in [4.69, 9.17) is 16.2 Å². The van der Waals surface area contributed by atoms with Crippen LogP contribution in [0.5, 0.6) is 5.75 Å². The molecule has 1 aliphatic rings. The molecular formula is C18H21N3O2. The zero-order valence-electron chi connectivity index (χ0n) is 12.9. The molecule has 0 radical (unpaired) electrons. The molecule has 5 nitrogen and oxygen atoms in total. The Kier molecular flexibility index (Phi) is 4.37. The first-order valence-corrected chi connectivity index (χ1v) is 7.79. The van der Waals surface area contributed by atoms with E-state index in [0.717, 1.165) is 43.1 Å². The van der Waals surface area contributed by atoms with E-state index in [1.165, 1.54) is 0 Å². The van der Waals surface area contributed by atoms with Gasteiger partial charge in [0.15, 0.2) is 0 Å². The van der Waals surface area contributed by atoms with Crippen molar-refractivity contribution in [1.82, 2.24) is 0 Å². The molecule has 0 saturated carbocycles. The lowest BCUT2D eigenvalue weighted by Crippen LogP contribution is -2.38. The predicted octanol–water partition coefficient (Wildman–Crippen LogP) is 2.42. The quantitative estimate of drug-likeness (QED) is 0.850. The van der Waals surface area contributed by atoms with E-state index in [0.29, 0.717) is 5.56 Å². The standard InChI is InChI=1S/C18H21N3O2/c19-16-3-1-2-4-17(16)21-11-9-15(10-12-21)23-14-7-5-13(6-8-14)18(20)22/h1-8,15H,9-12,19H2,(H2,20,22). The van der Waals surface area contributed by atoms with Crippen molar-refractivity contribution in [2.24, 2.45) is 5.73 Å². The van der Waals surface area contributed by atoms with E-state index in [1.807, 2.05) is 18.2 Å². The highest BCUT2D eigenvalue weighted by atomic mass is 16.5. The Labute approximate surface area is 135 Å². The number of piperidine rings is 1. The maximum absolute atomic E-state index is 11.1. The van der Waals surface area contributed by atoms with Crippen LogP contribution in [0, 0.1) is 0 Å². The number of carbonyl (C=O) groups excluding carboxylic acids is 1. The molecule has 0 spiro atoms. The number of amides is 1. The van der Waals surface area contributed by atoms with Gasteiger partial charge in [0.25, 0.3) is 0 Å². The van der Waals surface area contributed by atoms with Crippen LogP contribution in [-0.2, 0) is 0 Å². The Morgan fingerprint density at radius 3 is 2.30 bits per heavy atom. The van der Waals surface area contributed by atoms with Gasteiger partial charge in [-0.25, -0.2) is 0 Å². The molecule has 4 N–H and O–H groups in total. The van der Waals surface area contributed by atoms with E-state index in [2.05, 4.69) is 11.0 Å². The Morgan fingerprint density at radius 1 is 1.04 bits per heavy atom. The third-order valence-corrected chi connectivity index (χ3v) is 4.16. The van der Waals surface area contributed by atoms with Crippen LogP contribution in [0.3, 0.4) is 0 Å². The summed E-state index contributed by atoms with van der Waals surface area (Å²) in [5.41, 5.74) is 13.7. The van der Waals surface area contributed by atoms with Gasteiger partial charge in [-0.05, 0) is 36.4 Å². The predicted molar refractivity (Wildman–Crippen MR) is 91.7 cm³/mol. The normalized spacial score (nSPS) is 15.4. The van der Waals surface area contributed by atoms with E-state index < -0.39 is 5.91 Å². The summed E-state index contributed by atoms with van der Waals surface area (Å²) in [6.07, 6.45) is 2.05. The number of hydrogen-bond acceptors (Lipinski definition) is 4. The zero-order chi connectivity index (χ0) is 16.2. The highest BCUT2D eigenvalue weighted by Gasteiger charge is 2.21. The van der Waals surface area contributed by atoms with Crippen LogP contribution < -0.4 is 21.1 Å². The maximum Gasteiger partial charge on any atom is 0.248 e. The molecule has 23 heavy (non-hydrogen) atoms. The molecule has 0 atom stereocenters. The van der Waals surface area contributed by atoms with E-state index in [9.17, 15) is 4.79 Å². The number of nitrogen functional groups attached to an aromatic ring is 1. The number of rotatable bonds is 4. The van der Waals surface area contributed by atoms with Crippen molar-refractivity contribution in [2.75, 3.05) is 23.7 Å². The first-order chi connectivity index (χ1) is 11.1. The zero-order valence-corrected chi connectivity index (χ0v) is 12.9. The van der Waals surface area contributed by atoms with Crippen LogP contribution >= 0.6 is 0 Å². The Balaban J connectivity index is 1.57. The average Bonchev–Trinajstić information content (AvgIpc) is 2.57. The second-order valence-corrected chi connectivity index (χ2v) is 5.75. The molecule has 2 aromatic carbocycles. The summed E-state index contributed by atoms with van der Waals surface area (Å²) in [6.45, 7) is 1.83. The number of nitrogens with two attached hydrogens (primary N) is 2. The third kappa shape index (κ3) is 3.56. The smallest absolute Gasteiger partial charge is 0.248 e. The lowest BCUT2D eigenvalue weighted by Gasteiger charge is -2.34. The molecular weight excluding hydrogens is 290 g/mol. The van der Waals surface area contributed by atoms with Gasteiger partial charge in [0.2, 0.25) is 5.91 Å². The molecule has 0 bridgehead atoms. The number of carbonyl (C=O) groups is 1. The number of hydrogen-bond donors (Lipinski definition) is 2. The van der Waals surface area contributed by atoms with Gasteiger partial charge >= 0.3 is 0 Å². The number of benzene rings is 2. The van der Waals surface area contributed by atoms with Gasteiger partial charge < -0.3 is 21.1 Å². The van der Waals surface area contributed by atoms with Crippen LogP contribution in [0.2, 0.25) is 0 Å². The molecule has 0 unspecified atom stereocenters. The fourth-order valence-electron chi connectivity index (χ4n) is 2.88. The van der Waals surface area contributed by atoms with Gasteiger partial charge in [0.05, 0.1) is 11.4 Å². The number of ether oxygens (including phenoxy) is 1. The van der Waals surface area contributed by atoms with Gasteiger partial charge in [0, 0.05) is 31.5 Å². The number of primary amides is 1. The topological polar surface area (TPSA) is 81.6 Å². The molecule has 2 aromatic rings. The first kappa shape index (κ1) is 15.2. The Bertz CT molecular complexity index is 677. The SMILES string of the molecule is NC(=O)c1ccc(OC2CCN(c3ccccc3N)CC2)cc1. The lowest BCUT2D eigenvalue weighted by atomic mass is 10.1. The summed E-state index contributed by atoms with van der Waals surface area (Å²) in [7, 11) is 0. The molecule has 1 saturated heterocycles. The van der Waals surface area contributed by atoms with Crippen molar-refractivity contribution >= 4 is 17.3 Å². The van der Waals surface area contributed by atoms with Crippen molar-refractivity contribution in [3.8, 4) is 5.75 Å². The fraction of sp³-hybridized carbons (Fsp3) is 0.278. The van der Waals surface area contributed by atoms with E-state index in [1.54, 1.807) is 24.3 Å². The molecule has 1 amide bonds. The van der Waals surface area contributed by atoms with Gasteiger partial charge in [-0.1, -0.05) is 12.1 Å². The minimum Gasteiger partial charge on any atom is -0.490 e. The molecule has 0 aromatic heterocycles. The molecule has 0 aliphatic carbocycles. The summed E-state index contributed by atoms with van der Waals surface area (Å²) in [6, 6.07) is 14.9. The minimum atomic E-state index is -0.426. The number of nitrogens with zero attached hydrogens (tertiary/aromatic N) is 1. The molecule has 3 rings (SSSR count).